The summed E-state index contributed by atoms with van der Waals surface area (Å²) in [6, 6.07) is 21.7. The molecule has 0 unspecified atom stereocenters. The predicted octanol–water partition coefficient (Wildman–Crippen LogP) is 6.06. The van der Waals surface area contributed by atoms with Crippen LogP contribution in [0.3, 0.4) is 0 Å². The monoisotopic (exact) mass is 558 g/mol. The zero-order valence-corrected chi connectivity index (χ0v) is 23.1. The number of pyridine rings is 3. The van der Waals surface area contributed by atoms with E-state index in [0.29, 0.717) is 50.8 Å². The fourth-order valence-electron chi connectivity index (χ4n) is 5.03. The molecule has 4 heterocycles. The predicted molar refractivity (Wildman–Crippen MR) is 160 cm³/mol. The number of benzene rings is 2. The van der Waals surface area contributed by atoms with Gasteiger partial charge in [-0.1, -0.05) is 18.2 Å². The van der Waals surface area contributed by atoms with Crippen LogP contribution < -0.4 is 19.5 Å². The van der Waals surface area contributed by atoms with Crippen LogP contribution >= 0.6 is 0 Å². The summed E-state index contributed by atoms with van der Waals surface area (Å²) in [6.07, 6.45) is 6.88. The van der Waals surface area contributed by atoms with Crippen molar-refractivity contribution in [2.45, 2.75) is 0 Å². The van der Waals surface area contributed by atoms with E-state index >= 15 is 0 Å². The SMILES string of the molecule is COc1cc(C(=O)c2cc(C(=O)Nc3cccc4cccnc34)c3cc(-c4ccncc4)ccn23)cc(OC)c1OC. The van der Waals surface area contributed by atoms with E-state index in [1.807, 2.05) is 48.5 Å². The van der Waals surface area contributed by atoms with Gasteiger partial charge in [-0.3, -0.25) is 19.6 Å². The fraction of sp³-hybridized carbons (Fsp3) is 0.0909. The van der Waals surface area contributed by atoms with Crippen LogP contribution in [-0.4, -0.2) is 47.4 Å². The Labute approximate surface area is 241 Å². The van der Waals surface area contributed by atoms with Gasteiger partial charge in [0.1, 0.15) is 0 Å². The minimum atomic E-state index is -0.374. The van der Waals surface area contributed by atoms with Gasteiger partial charge >= 0.3 is 0 Å². The standard InChI is InChI=1S/C33H26N4O5/c1-40-28-17-23(18-29(41-2)32(28)42-3)31(38)27-19-24(26-16-22(11-15-37(26)27)20-9-13-34-14-10-20)33(39)36-25-8-4-6-21-7-5-12-35-30(21)25/h4-19H,1-3H3,(H,36,39). The molecule has 208 valence electrons. The molecule has 0 saturated heterocycles. The molecule has 0 bridgehead atoms. The third-order valence-corrected chi connectivity index (χ3v) is 7.07. The van der Waals surface area contributed by atoms with Crippen LogP contribution in [-0.2, 0) is 0 Å². The van der Waals surface area contributed by atoms with E-state index in [4.69, 9.17) is 14.2 Å². The lowest BCUT2D eigenvalue weighted by atomic mass is 10.1. The lowest BCUT2D eigenvalue weighted by Gasteiger charge is -2.13. The molecule has 4 aromatic heterocycles. The third-order valence-electron chi connectivity index (χ3n) is 7.07. The fourth-order valence-corrected chi connectivity index (χ4v) is 5.03. The number of carbonyl (C=O) groups is 2. The number of nitrogens with one attached hydrogen (secondary N) is 1. The molecule has 9 heteroatoms. The smallest absolute Gasteiger partial charge is 0.257 e. The van der Waals surface area contributed by atoms with Gasteiger partial charge < -0.3 is 23.9 Å². The second-order valence-corrected chi connectivity index (χ2v) is 9.43. The van der Waals surface area contributed by atoms with Crippen LogP contribution in [0.5, 0.6) is 17.2 Å². The van der Waals surface area contributed by atoms with E-state index < -0.39 is 0 Å². The van der Waals surface area contributed by atoms with Crippen molar-refractivity contribution in [2.24, 2.45) is 0 Å². The number of fused-ring (bicyclic) bond motifs is 2. The number of para-hydroxylation sites is 1. The third kappa shape index (κ3) is 4.66. The van der Waals surface area contributed by atoms with E-state index in [1.54, 1.807) is 53.5 Å². The van der Waals surface area contributed by atoms with Crippen LogP contribution in [0.1, 0.15) is 26.4 Å². The van der Waals surface area contributed by atoms with Crippen LogP contribution in [0.15, 0.2) is 97.6 Å². The summed E-state index contributed by atoms with van der Waals surface area (Å²) in [6.45, 7) is 0. The molecule has 42 heavy (non-hydrogen) atoms. The topological polar surface area (TPSA) is 104 Å². The number of anilines is 1. The summed E-state index contributed by atoms with van der Waals surface area (Å²) in [5, 5.41) is 3.90. The molecule has 2 aromatic carbocycles. The average Bonchev–Trinajstić information content (AvgIpc) is 3.43. The molecular formula is C33H26N4O5. The lowest BCUT2D eigenvalue weighted by molar-refractivity contribution is 0.102. The quantitative estimate of drug-likeness (QED) is 0.227. The lowest BCUT2D eigenvalue weighted by Crippen LogP contribution is -2.12. The van der Waals surface area contributed by atoms with Crippen LogP contribution in [0, 0.1) is 0 Å². The molecule has 0 atom stereocenters. The highest BCUT2D eigenvalue weighted by Crippen LogP contribution is 2.39. The van der Waals surface area contributed by atoms with Gasteiger partial charge in [-0.15, -0.1) is 0 Å². The number of carbonyl (C=O) groups excluding carboxylic acids is 2. The number of nitrogens with zero attached hydrogens (tertiary/aromatic N) is 3. The summed E-state index contributed by atoms with van der Waals surface area (Å²) in [5.41, 5.74) is 4.53. The van der Waals surface area contributed by atoms with Crippen molar-refractivity contribution >= 4 is 33.8 Å². The molecule has 6 aromatic rings. The van der Waals surface area contributed by atoms with Crippen molar-refractivity contribution in [1.82, 2.24) is 14.4 Å². The van der Waals surface area contributed by atoms with Gasteiger partial charge in [0, 0.05) is 35.7 Å². The van der Waals surface area contributed by atoms with Crippen molar-refractivity contribution in [1.29, 1.82) is 0 Å². The normalized spacial score (nSPS) is 10.9. The molecule has 0 spiro atoms. The number of hydrogen-bond donors (Lipinski definition) is 1. The molecule has 0 aliphatic rings. The van der Waals surface area contributed by atoms with Gasteiger partial charge in [-0.2, -0.15) is 0 Å². The number of hydrogen-bond acceptors (Lipinski definition) is 7. The summed E-state index contributed by atoms with van der Waals surface area (Å²) >= 11 is 0. The highest BCUT2D eigenvalue weighted by molar-refractivity contribution is 6.16. The Balaban J connectivity index is 1.49. The van der Waals surface area contributed by atoms with E-state index in [9.17, 15) is 9.59 Å². The number of ketones is 1. The molecule has 0 aliphatic carbocycles. The maximum Gasteiger partial charge on any atom is 0.257 e. The molecule has 0 saturated carbocycles. The molecule has 6 rings (SSSR count). The Morgan fingerprint density at radius 3 is 2.24 bits per heavy atom. The van der Waals surface area contributed by atoms with E-state index in [1.165, 1.54) is 21.3 Å². The largest absolute Gasteiger partial charge is 0.493 e. The minimum Gasteiger partial charge on any atom is -0.493 e. The second-order valence-electron chi connectivity index (χ2n) is 9.43. The van der Waals surface area contributed by atoms with Crippen molar-refractivity contribution in [3.63, 3.8) is 0 Å². The maximum absolute atomic E-state index is 14.0. The van der Waals surface area contributed by atoms with Crippen molar-refractivity contribution in [3.8, 4) is 28.4 Å². The Morgan fingerprint density at radius 2 is 1.52 bits per heavy atom. The van der Waals surface area contributed by atoms with Crippen LogP contribution in [0.4, 0.5) is 5.69 Å². The first-order valence-electron chi connectivity index (χ1n) is 13.1. The van der Waals surface area contributed by atoms with Crippen LogP contribution in [0.2, 0.25) is 0 Å². The van der Waals surface area contributed by atoms with Gasteiger partial charge in [0.15, 0.2) is 11.5 Å². The maximum atomic E-state index is 14.0. The number of amides is 1. The first-order chi connectivity index (χ1) is 20.5. The molecule has 1 amide bonds. The Bertz CT molecular complexity index is 1940. The van der Waals surface area contributed by atoms with Gasteiger partial charge in [0.25, 0.3) is 5.91 Å². The molecule has 9 nitrogen and oxygen atoms in total. The summed E-state index contributed by atoms with van der Waals surface area (Å²) in [7, 11) is 4.48. The minimum absolute atomic E-state index is 0.293. The zero-order chi connectivity index (χ0) is 29.2. The molecule has 1 N–H and O–H groups in total. The molecular weight excluding hydrogens is 532 g/mol. The highest BCUT2D eigenvalue weighted by atomic mass is 16.5. The molecule has 0 fully saturated rings. The Kier molecular flexibility index (Phi) is 6.98. The first-order valence-corrected chi connectivity index (χ1v) is 13.1. The number of rotatable bonds is 8. The van der Waals surface area contributed by atoms with Crippen LogP contribution in [0.25, 0.3) is 27.5 Å². The summed E-state index contributed by atoms with van der Waals surface area (Å²) in [5.74, 6) is 0.375. The van der Waals surface area contributed by atoms with E-state index in [-0.39, 0.29) is 11.7 Å². The Hall–Kier alpha value is -5.70. The second kappa shape index (κ2) is 11.1. The van der Waals surface area contributed by atoms with Gasteiger partial charge in [-0.25, -0.2) is 0 Å². The van der Waals surface area contributed by atoms with E-state index in [0.717, 1.165) is 16.5 Å². The van der Waals surface area contributed by atoms with Gasteiger partial charge in [0.05, 0.1) is 49.3 Å². The molecule has 0 aliphatic heterocycles. The Morgan fingerprint density at radius 1 is 0.786 bits per heavy atom. The van der Waals surface area contributed by atoms with Crippen molar-refractivity contribution in [3.05, 3.63) is 114 Å². The van der Waals surface area contributed by atoms with Crippen molar-refractivity contribution < 1.29 is 23.8 Å². The summed E-state index contributed by atoms with van der Waals surface area (Å²) in [4.78, 5) is 36.4. The number of ether oxygens (including phenoxy) is 3. The first kappa shape index (κ1) is 26.5. The van der Waals surface area contributed by atoms with E-state index in [2.05, 4.69) is 15.3 Å². The number of methoxy groups -OCH3 is 3. The van der Waals surface area contributed by atoms with Gasteiger partial charge in [0.2, 0.25) is 11.5 Å². The van der Waals surface area contributed by atoms with Crippen molar-refractivity contribution in [2.75, 3.05) is 26.6 Å². The summed E-state index contributed by atoms with van der Waals surface area (Å²) < 4.78 is 18.1. The van der Waals surface area contributed by atoms with Gasteiger partial charge in [-0.05, 0) is 65.7 Å². The number of aromatic nitrogens is 3. The molecule has 0 radical (unpaired) electrons. The average molecular weight is 559 g/mol. The highest BCUT2D eigenvalue weighted by Gasteiger charge is 2.24. The zero-order valence-electron chi connectivity index (χ0n) is 23.1.